The van der Waals surface area contributed by atoms with Crippen molar-refractivity contribution in [3.63, 3.8) is 0 Å². The maximum absolute atomic E-state index is 12.5. The molecule has 0 aliphatic carbocycles. The highest BCUT2D eigenvalue weighted by Gasteiger charge is 2.21. The molecule has 1 aliphatic rings. The van der Waals surface area contributed by atoms with E-state index in [-0.39, 0.29) is 5.91 Å². The Labute approximate surface area is 119 Å². The van der Waals surface area contributed by atoms with Gasteiger partial charge in [-0.3, -0.25) is 4.79 Å². The number of carbonyl (C=O) groups excluding carboxylic acids is 1. The van der Waals surface area contributed by atoms with Crippen molar-refractivity contribution in [2.45, 2.75) is 33.1 Å². The maximum atomic E-state index is 12.5. The zero-order valence-electron chi connectivity index (χ0n) is 11.5. The zero-order chi connectivity index (χ0) is 13.8. The Kier molecular flexibility index (Phi) is 4.70. The molecule has 1 aliphatic heterocycles. The molecular formula is C15H20ClNO2. The van der Waals surface area contributed by atoms with Crippen LogP contribution in [-0.4, -0.2) is 30.5 Å². The summed E-state index contributed by atoms with van der Waals surface area (Å²) in [6.07, 6.45) is 3.40. The van der Waals surface area contributed by atoms with E-state index in [4.69, 9.17) is 16.3 Å². The predicted octanol–water partition coefficient (Wildman–Crippen LogP) is 3.67. The lowest BCUT2D eigenvalue weighted by atomic mass is 10.0. The average molecular weight is 282 g/mol. The van der Waals surface area contributed by atoms with Crippen LogP contribution in [0.5, 0.6) is 5.75 Å². The van der Waals surface area contributed by atoms with E-state index < -0.39 is 0 Å². The molecule has 0 bridgehead atoms. The summed E-state index contributed by atoms with van der Waals surface area (Å²) in [5, 5.41) is 0.507. The smallest absolute Gasteiger partial charge is 0.254 e. The van der Waals surface area contributed by atoms with E-state index in [9.17, 15) is 4.79 Å². The number of nitrogens with zero attached hydrogens (tertiary/aromatic N) is 1. The third-order valence-electron chi connectivity index (χ3n) is 3.45. The molecule has 4 heteroatoms. The number of piperidine rings is 1. The van der Waals surface area contributed by atoms with Crippen LogP contribution in [0.1, 0.15) is 42.1 Å². The molecule has 1 fully saturated rings. The Morgan fingerprint density at radius 3 is 2.63 bits per heavy atom. The van der Waals surface area contributed by atoms with Gasteiger partial charge in [0, 0.05) is 18.7 Å². The van der Waals surface area contributed by atoms with Crippen molar-refractivity contribution in [1.82, 2.24) is 4.90 Å². The monoisotopic (exact) mass is 281 g/mol. The zero-order valence-corrected chi connectivity index (χ0v) is 12.3. The molecule has 2 rings (SSSR count). The number of benzene rings is 1. The van der Waals surface area contributed by atoms with Crippen molar-refractivity contribution < 1.29 is 9.53 Å². The first kappa shape index (κ1) is 14.2. The second kappa shape index (κ2) is 6.29. The molecule has 1 aromatic rings. The Morgan fingerprint density at radius 1 is 1.32 bits per heavy atom. The van der Waals surface area contributed by atoms with Gasteiger partial charge in [-0.05, 0) is 50.8 Å². The Morgan fingerprint density at radius 2 is 2.00 bits per heavy atom. The largest absolute Gasteiger partial charge is 0.492 e. The second-order valence-electron chi connectivity index (χ2n) is 4.88. The summed E-state index contributed by atoms with van der Waals surface area (Å²) < 4.78 is 5.44. The quantitative estimate of drug-likeness (QED) is 0.846. The molecule has 0 unspecified atom stereocenters. The Hall–Kier alpha value is -1.22. The van der Waals surface area contributed by atoms with Gasteiger partial charge in [0.25, 0.3) is 5.91 Å². The van der Waals surface area contributed by atoms with Gasteiger partial charge in [0.15, 0.2) is 0 Å². The fourth-order valence-corrected chi connectivity index (χ4v) is 2.64. The highest BCUT2D eigenvalue weighted by molar-refractivity contribution is 6.32. The summed E-state index contributed by atoms with van der Waals surface area (Å²) in [5.74, 6) is 0.735. The Bertz CT molecular complexity index is 467. The fraction of sp³-hybridized carbons (Fsp3) is 0.533. The summed E-state index contributed by atoms with van der Waals surface area (Å²) in [5.41, 5.74) is 1.61. The number of hydrogen-bond donors (Lipinski definition) is 0. The van der Waals surface area contributed by atoms with Gasteiger partial charge in [0.05, 0.1) is 11.6 Å². The van der Waals surface area contributed by atoms with Gasteiger partial charge >= 0.3 is 0 Å². The first-order valence-electron chi connectivity index (χ1n) is 6.85. The molecule has 1 amide bonds. The minimum atomic E-state index is 0.0853. The Balaban J connectivity index is 2.24. The van der Waals surface area contributed by atoms with Gasteiger partial charge in [0.2, 0.25) is 0 Å². The SMILES string of the molecule is CCOc1cc(C)c(C(=O)N2CCCCC2)cc1Cl. The molecule has 1 saturated heterocycles. The van der Waals surface area contributed by atoms with Gasteiger partial charge in [0.1, 0.15) is 5.75 Å². The van der Waals surface area contributed by atoms with Crippen LogP contribution < -0.4 is 4.74 Å². The van der Waals surface area contributed by atoms with Crippen molar-refractivity contribution in [1.29, 1.82) is 0 Å². The van der Waals surface area contributed by atoms with E-state index in [1.807, 2.05) is 24.8 Å². The highest BCUT2D eigenvalue weighted by atomic mass is 35.5. The summed E-state index contributed by atoms with van der Waals surface area (Å²) in [7, 11) is 0. The van der Waals surface area contributed by atoms with E-state index in [0.717, 1.165) is 31.5 Å². The molecule has 1 heterocycles. The van der Waals surface area contributed by atoms with E-state index in [2.05, 4.69) is 0 Å². The average Bonchev–Trinajstić information content (AvgIpc) is 2.43. The molecule has 104 valence electrons. The maximum Gasteiger partial charge on any atom is 0.254 e. The lowest BCUT2D eigenvalue weighted by molar-refractivity contribution is 0.0723. The number of likely N-dealkylation sites (tertiary alicyclic amines) is 1. The van der Waals surface area contributed by atoms with Crippen LogP contribution in [0.2, 0.25) is 5.02 Å². The third kappa shape index (κ3) is 3.21. The van der Waals surface area contributed by atoms with Crippen LogP contribution in [0.15, 0.2) is 12.1 Å². The standard InChI is InChI=1S/C15H20ClNO2/c1-3-19-14-9-11(2)12(10-13(14)16)15(18)17-7-5-4-6-8-17/h9-10H,3-8H2,1-2H3. The number of ether oxygens (including phenoxy) is 1. The van der Waals surface area contributed by atoms with E-state index in [0.29, 0.717) is 22.9 Å². The topological polar surface area (TPSA) is 29.5 Å². The molecule has 0 aromatic heterocycles. The minimum absolute atomic E-state index is 0.0853. The molecule has 0 atom stereocenters. The molecule has 19 heavy (non-hydrogen) atoms. The van der Waals surface area contributed by atoms with Crippen LogP contribution in [0.4, 0.5) is 0 Å². The van der Waals surface area contributed by atoms with Gasteiger partial charge in [-0.2, -0.15) is 0 Å². The van der Waals surface area contributed by atoms with Gasteiger partial charge in [-0.1, -0.05) is 11.6 Å². The van der Waals surface area contributed by atoms with Crippen molar-refractivity contribution >= 4 is 17.5 Å². The second-order valence-corrected chi connectivity index (χ2v) is 5.29. The lowest BCUT2D eigenvalue weighted by Gasteiger charge is -2.27. The van der Waals surface area contributed by atoms with Crippen molar-refractivity contribution in [2.75, 3.05) is 19.7 Å². The number of hydrogen-bond acceptors (Lipinski definition) is 2. The number of amides is 1. The number of halogens is 1. The molecule has 0 spiro atoms. The summed E-state index contributed by atoms with van der Waals surface area (Å²) in [4.78, 5) is 14.4. The molecule has 0 saturated carbocycles. The summed E-state index contributed by atoms with van der Waals surface area (Å²) >= 11 is 6.17. The number of carbonyl (C=O) groups is 1. The van der Waals surface area contributed by atoms with Gasteiger partial charge < -0.3 is 9.64 Å². The molecule has 0 N–H and O–H groups in total. The molecule has 3 nitrogen and oxygen atoms in total. The first-order chi connectivity index (χ1) is 9.13. The van der Waals surface area contributed by atoms with Crippen molar-refractivity contribution in [2.24, 2.45) is 0 Å². The summed E-state index contributed by atoms with van der Waals surface area (Å²) in [6.45, 7) is 6.11. The van der Waals surface area contributed by atoms with E-state index >= 15 is 0 Å². The summed E-state index contributed by atoms with van der Waals surface area (Å²) in [6, 6.07) is 3.59. The van der Waals surface area contributed by atoms with Crippen molar-refractivity contribution in [3.8, 4) is 5.75 Å². The predicted molar refractivity (Wildman–Crippen MR) is 77.1 cm³/mol. The van der Waals surface area contributed by atoms with Crippen LogP contribution >= 0.6 is 11.6 Å². The van der Waals surface area contributed by atoms with Crippen LogP contribution in [0.3, 0.4) is 0 Å². The third-order valence-corrected chi connectivity index (χ3v) is 3.75. The molecule has 1 aromatic carbocycles. The highest BCUT2D eigenvalue weighted by Crippen LogP contribution is 2.29. The lowest BCUT2D eigenvalue weighted by Crippen LogP contribution is -2.35. The minimum Gasteiger partial charge on any atom is -0.492 e. The normalized spacial score (nSPS) is 15.4. The first-order valence-corrected chi connectivity index (χ1v) is 7.23. The number of rotatable bonds is 3. The van der Waals surface area contributed by atoms with Crippen LogP contribution in [0.25, 0.3) is 0 Å². The van der Waals surface area contributed by atoms with E-state index in [1.165, 1.54) is 6.42 Å². The molecular weight excluding hydrogens is 262 g/mol. The molecule has 0 radical (unpaired) electrons. The van der Waals surface area contributed by atoms with Gasteiger partial charge in [-0.25, -0.2) is 0 Å². The number of aryl methyl sites for hydroxylation is 1. The van der Waals surface area contributed by atoms with E-state index in [1.54, 1.807) is 6.07 Å². The van der Waals surface area contributed by atoms with Crippen molar-refractivity contribution in [3.05, 3.63) is 28.3 Å². The van der Waals surface area contributed by atoms with Crippen LogP contribution in [-0.2, 0) is 0 Å². The fourth-order valence-electron chi connectivity index (χ4n) is 2.42. The van der Waals surface area contributed by atoms with Gasteiger partial charge in [-0.15, -0.1) is 0 Å². The van der Waals surface area contributed by atoms with Crippen LogP contribution in [0, 0.1) is 6.92 Å².